The van der Waals surface area contributed by atoms with Gasteiger partial charge in [0.25, 0.3) is 0 Å². The molecule has 0 aromatic heterocycles. The first kappa shape index (κ1) is 9.03. The van der Waals surface area contributed by atoms with E-state index in [4.69, 9.17) is 5.73 Å². The number of rotatable bonds is 3. The molecule has 0 spiro atoms. The lowest BCUT2D eigenvalue weighted by Gasteiger charge is -1.84. The molecule has 0 bridgehead atoms. The number of hydrogen-bond acceptors (Lipinski definition) is 1. The van der Waals surface area contributed by atoms with E-state index < -0.39 is 0 Å². The van der Waals surface area contributed by atoms with Crippen molar-refractivity contribution in [1.82, 2.24) is 0 Å². The zero-order chi connectivity index (χ0) is 7.82. The van der Waals surface area contributed by atoms with Gasteiger partial charge < -0.3 is 5.73 Å². The van der Waals surface area contributed by atoms with Gasteiger partial charge in [-0.05, 0) is 6.42 Å². The molecule has 56 valence electrons. The van der Waals surface area contributed by atoms with Crippen LogP contribution in [0.2, 0.25) is 0 Å². The molecule has 0 rings (SSSR count). The van der Waals surface area contributed by atoms with Crippen LogP contribution in [0.3, 0.4) is 0 Å². The largest absolute Gasteiger partial charge is 0.370 e. The highest BCUT2D eigenvalue weighted by Crippen LogP contribution is 1.86. The molecule has 2 nitrogen and oxygen atoms in total. The van der Waals surface area contributed by atoms with E-state index in [1.165, 1.54) is 0 Å². The zero-order valence-corrected chi connectivity index (χ0v) is 6.31. The summed E-state index contributed by atoms with van der Waals surface area (Å²) < 4.78 is 0. The molecule has 0 fully saturated rings. The summed E-state index contributed by atoms with van der Waals surface area (Å²) >= 11 is 0. The molecule has 2 heteroatoms. The topological polar surface area (TPSA) is 43.1 Å². The second-order valence-corrected chi connectivity index (χ2v) is 2.07. The van der Waals surface area contributed by atoms with Crippen LogP contribution >= 0.6 is 0 Å². The average Bonchev–Trinajstić information content (AvgIpc) is 1.87. The zero-order valence-electron chi connectivity index (χ0n) is 6.31. The van der Waals surface area contributed by atoms with E-state index in [1.54, 1.807) is 0 Å². The lowest BCUT2D eigenvalue weighted by molar-refractivity contribution is -0.117. The van der Waals surface area contributed by atoms with Gasteiger partial charge in [0.2, 0.25) is 5.91 Å². The van der Waals surface area contributed by atoms with Gasteiger partial charge in [-0.2, -0.15) is 0 Å². The van der Waals surface area contributed by atoms with Crippen molar-refractivity contribution in [3.8, 4) is 11.8 Å². The lowest BCUT2D eigenvalue weighted by Crippen LogP contribution is -2.08. The Balaban J connectivity index is 3.20. The molecular weight excluding hydrogens is 126 g/mol. The number of unbranched alkanes of at least 4 members (excludes halogenated alkanes) is 1. The summed E-state index contributed by atoms with van der Waals surface area (Å²) in [6.45, 7) is 2.07. The first-order chi connectivity index (χ1) is 4.77. The first-order valence-corrected chi connectivity index (χ1v) is 3.51. The van der Waals surface area contributed by atoms with Crippen molar-refractivity contribution >= 4 is 5.91 Å². The van der Waals surface area contributed by atoms with Crippen LogP contribution in [0, 0.1) is 11.8 Å². The maximum absolute atomic E-state index is 10.2. The molecule has 0 aliphatic heterocycles. The van der Waals surface area contributed by atoms with E-state index in [0.29, 0.717) is 12.8 Å². The normalized spacial score (nSPS) is 8.10. The van der Waals surface area contributed by atoms with Gasteiger partial charge in [-0.1, -0.05) is 6.92 Å². The van der Waals surface area contributed by atoms with Gasteiger partial charge in [0.1, 0.15) is 0 Å². The Morgan fingerprint density at radius 2 is 2.00 bits per heavy atom. The quantitative estimate of drug-likeness (QED) is 0.583. The second kappa shape index (κ2) is 6.15. The van der Waals surface area contributed by atoms with Gasteiger partial charge in [0.05, 0.1) is 0 Å². The molecule has 0 aromatic rings. The number of carbonyl (C=O) groups excluding carboxylic acids is 1. The van der Waals surface area contributed by atoms with Crippen LogP contribution in [-0.4, -0.2) is 5.91 Å². The summed E-state index contributed by atoms with van der Waals surface area (Å²) in [5, 5.41) is 0. The minimum absolute atomic E-state index is 0.272. The standard InChI is InChI=1S/C8H13NO/c1-2-3-4-5-6-7-8(9)10/h2-3,6-7H2,1H3,(H2,9,10). The van der Waals surface area contributed by atoms with E-state index in [9.17, 15) is 4.79 Å². The fourth-order valence-corrected chi connectivity index (χ4v) is 0.487. The smallest absolute Gasteiger partial charge is 0.218 e. The van der Waals surface area contributed by atoms with Crippen molar-refractivity contribution in [2.75, 3.05) is 0 Å². The molecule has 0 heterocycles. The van der Waals surface area contributed by atoms with E-state index in [-0.39, 0.29) is 5.91 Å². The Labute approximate surface area is 61.8 Å². The highest BCUT2D eigenvalue weighted by molar-refractivity contribution is 5.73. The van der Waals surface area contributed by atoms with Gasteiger partial charge in [-0.15, -0.1) is 11.8 Å². The van der Waals surface area contributed by atoms with Crippen molar-refractivity contribution < 1.29 is 4.79 Å². The SMILES string of the molecule is CCCC#CCCC(N)=O. The van der Waals surface area contributed by atoms with Crippen molar-refractivity contribution in [2.24, 2.45) is 5.73 Å². The highest BCUT2D eigenvalue weighted by atomic mass is 16.1. The number of carbonyl (C=O) groups is 1. The molecule has 0 saturated carbocycles. The Morgan fingerprint density at radius 1 is 1.40 bits per heavy atom. The van der Waals surface area contributed by atoms with Crippen molar-refractivity contribution in [3.63, 3.8) is 0 Å². The lowest BCUT2D eigenvalue weighted by atomic mass is 10.3. The number of hydrogen-bond donors (Lipinski definition) is 1. The van der Waals surface area contributed by atoms with E-state index in [1.807, 2.05) is 0 Å². The molecule has 0 saturated heterocycles. The molecule has 0 aliphatic carbocycles. The van der Waals surface area contributed by atoms with Gasteiger partial charge in [-0.3, -0.25) is 4.79 Å². The van der Waals surface area contributed by atoms with E-state index in [0.717, 1.165) is 12.8 Å². The predicted molar refractivity (Wildman–Crippen MR) is 41.1 cm³/mol. The summed E-state index contributed by atoms with van der Waals surface area (Å²) in [5.41, 5.74) is 4.90. The van der Waals surface area contributed by atoms with Gasteiger partial charge in [-0.25, -0.2) is 0 Å². The Kier molecular flexibility index (Phi) is 5.56. The minimum atomic E-state index is -0.272. The maximum Gasteiger partial charge on any atom is 0.218 e. The van der Waals surface area contributed by atoms with Crippen LogP contribution in [0.4, 0.5) is 0 Å². The third kappa shape index (κ3) is 7.03. The molecule has 1 amide bonds. The van der Waals surface area contributed by atoms with Crippen LogP contribution in [-0.2, 0) is 4.79 Å². The van der Waals surface area contributed by atoms with Crippen LogP contribution in [0.15, 0.2) is 0 Å². The summed E-state index contributed by atoms with van der Waals surface area (Å²) in [6, 6.07) is 0. The van der Waals surface area contributed by atoms with Crippen LogP contribution in [0.1, 0.15) is 32.6 Å². The highest BCUT2D eigenvalue weighted by Gasteiger charge is 1.87. The van der Waals surface area contributed by atoms with Crippen molar-refractivity contribution in [2.45, 2.75) is 32.6 Å². The van der Waals surface area contributed by atoms with Crippen molar-refractivity contribution in [1.29, 1.82) is 0 Å². The molecular formula is C8H13NO. The molecule has 0 unspecified atom stereocenters. The first-order valence-electron chi connectivity index (χ1n) is 3.51. The molecule has 0 aromatic carbocycles. The third-order valence-corrected chi connectivity index (χ3v) is 0.996. The number of nitrogens with two attached hydrogens (primary N) is 1. The van der Waals surface area contributed by atoms with E-state index >= 15 is 0 Å². The molecule has 0 atom stereocenters. The summed E-state index contributed by atoms with van der Waals surface area (Å²) in [5.74, 6) is 5.53. The molecule has 0 aliphatic rings. The monoisotopic (exact) mass is 139 g/mol. The Bertz CT molecular complexity index is 152. The average molecular weight is 139 g/mol. The van der Waals surface area contributed by atoms with Crippen molar-refractivity contribution in [3.05, 3.63) is 0 Å². The number of amides is 1. The van der Waals surface area contributed by atoms with Crippen LogP contribution in [0.25, 0.3) is 0 Å². The van der Waals surface area contributed by atoms with Crippen LogP contribution < -0.4 is 5.73 Å². The fourth-order valence-electron chi connectivity index (χ4n) is 0.487. The summed E-state index contributed by atoms with van der Waals surface area (Å²) in [7, 11) is 0. The van der Waals surface area contributed by atoms with Gasteiger partial charge >= 0.3 is 0 Å². The van der Waals surface area contributed by atoms with Crippen LogP contribution in [0.5, 0.6) is 0 Å². The van der Waals surface area contributed by atoms with E-state index in [2.05, 4.69) is 18.8 Å². The fraction of sp³-hybridized carbons (Fsp3) is 0.625. The minimum Gasteiger partial charge on any atom is -0.370 e. The Hall–Kier alpha value is -0.970. The maximum atomic E-state index is 10.2. The number of primary amides is 1. The molecule has 2 N–H and O–H groups in total. The molecule has 0 radical (unpaired) electrons. The van der Waals surface area contributed by atoms with Gasteiger partial charge in [0.15, 0.2) is 0 Å². The summed E-state index contributed by atoms with van der Waals surface area (Å²) in [6.07, 6.45) is 2.98. The second-order valence-electron chi connectivity index (χ2n) is 2.07. The summed E-state index contributed by atoms with van der Waals surface area (Å²) in [4.78, 5) is 10.2. The predicted octanol–water partition coefficient (Wildman–Crippen LogP) is 1.06. The van der Waals surface area contributed by atoms with Gasteiger partial charge in [0, 0.05) is 19.3 Å². The Morgan fingerprint density at radius 3 is 2.50 bits per heavy atom. The molecule has 10 heavy (non-hydrogen) atoms. The third-order valence-electron chi connectivity index (χ3n) is 0.996.